The average molecular weight is 225 g/mol. The summed E-state index contributed by atoms with van der Waals surface area (Å²) >= 11 is 0. The summed E-state index contributed by atoms with van der Waals surface area (Å²) in [4.78, 5) is 0. The fraction of sp³-hybridized carbons (Fsp3) is 0.133. The number of nitriles is 1. The number of phenols is 1. The number of allylic oxidation sites excluding steroid dienone is 4. The van der Waals surface area contributed by atoms with Gasteiger partial charge in [0.05, 0.1) is 6.07 Å². The van der Waals surface area contributed by atoms with E-state index in [1.54, 1.807) is 24.3 Å². The van der Waals surface area contributed by atoms with E-state index in [0.717, 1.165) is 23.1 Å². The topological polar surface area (TPSA) is 44.0 Å². The molecule has 0 atom stereocenters. The molecule has 1 rings (SSSR count). The van der Waals surface area contributed by atoms with Gasteiger partial charge in [-0.2, -0.15) is 5.26 Å². The molecule has 0 radical (unpaired) electrons. The minimum absolute atomic E-state index is 0.254. The first-order chi connectivity index (χ1) is 8.08. The Bertz CT molecular complexity index is 518. The highest BCUT2D eigenvalue weighted by atomic mass is 16.3. The third kappa shape index (κ3) is 3.35. The Morgan fingerprint density at radius 1 is 1.41 bits per heavy atom. The van der Waals surface area contributed by atoms with Gasteiger partial charge in [0.15, 0.2) is 0 Å². The molecule has 0 saturated carbocycles. The van der Waals surface area contributed by atoms with E-state index in [4.69, 9.17) is 5.26 Å². The van der Waals surface area contributed by atoms with Gasteiger partial charge in [0.25, 0.3) is 0 Å². The second kappa shape index (κ2) is 5.72. The summed E-state index contributed by atoms with van der Waals surface area (Å²) in [5.41, 5.74) is 3.20. The van der Waals surface area contributed by atoms with E-state index in [0.29, 0.717) is 5.57 Å². The summed E-state index contributed by atoms with van der Waals surface area (Å²) in [5.74, 6) is 0.254. The van der Waals surface area contributed by atoms with Crippen LogP contribution in [-0.2, 0) is 6.42 Å². The SMILES string of the molecule is C=C(C#N)/C=C\C(=C)c1ccc(O)cc1CC. The summed E-state index contributed by atoms with van der Waals surface area (Å²) < 4.78 is 0. The second-order valence-corrected chi connectivity index (χ2v) is 3.69. The Kier molecular flexibility index (Phi) is 4.30. The smallest absolute Gasteiger partial charge is 0.115 e. The van der Waals surface area contributed by atoms with Crippen LogP contribution in [0.4, 0.5) is 0 Å². The minimum Gasteiger partial charge on any atom is -0.508 e. The van der Waals surface area contributed by atoms with Crippen LogP contribution >= 0.6 is 0 Å². The van der Waals surface area contributed by atoms with E-state index in [1.807, 2.05) is 19.1 Å². The van der Waals surface area contributed by atoms with Crippen LogP contribution in [0.5, 0.6) is 5.75 Å². The standard InChI is InChI=1S/C15H15NO/c1-4-13-9-14(17)7-8-15(13)12(3)6-5-11(2)10-16/h5-9,17H,2-4H2,1H3/b6-5-. The minimum atomic E-state index is 0.254. The fourth-order valence-corrected chi connectivity index (χ4v) is 1.51. The lowest BCUT2D eigenvalue weighted by Crippen LogP contribution is -1.89. The molecule has 0 aromatic heterocycles. The monoisotopic (exact) mass is 225 g/mol. The molecule has 1 aromatic carbocycles. The summed E-state index contributed by atoms with van der Waals surface area (Å²) in [5, 5.41) is 18.0. The second-order valence-electron chi connectivity index (χ2n) is 3.69. The molecule has 2 heteroatoms. The summed E-state index contributed by atoms with van der Waals surface area (Å²) in [6.07, 6.45) is 4.21. The lowest BCUT2D eigenvalue weighted by atomic mass is 9.98. The van der Waals surface area contributed by atoms with Gasteiger partial charge in [0.2, 0.25) is 0 Å². The summed E-state index contributed by atoms with van der Waals surface area (Å²) in [7, 11) is 0. The number of benzene rings is 1. The Labute approximate surface area is 102 Å². The maximum atomic E-state index is 9.40. The normalized spacial score (nSPS) is 10.1. The van der Waals surface area contributed by atoms with Crippen LogP contribution in [0.3, 0.4) is 0 Å². The van der Waals surface area contributed by atoms with Crippen LogP contribution < -0.4 is 0 Å². The van der Waals surface area contributed by atoms with Gasteiger partial charge >= 0.3 is 0 Å². The van der Waals surface area contributed by atoms with E-state index in [9.17, 15) is 5.11 Å². The molecule has 0 saturated heterocycles. The number of hydrogen-bond acceptors (Lipinski definition) is 2. The van der Waals surface area contributed by atoms with Crippen molar-refractivity contribution in [3.8, 4) is 11.8 Å². The molecule has 0 fully saturated rings. The molecule has 17 heavy (non-hydrogen) atoms. The number of rotatable bonds is 4. The lowest BCUT2D eigenvalue weighted by molar-refractivity contribution is 0.474. The highest BCUT2D eigenvalue weighted by molar-refractivity contribution is 5.75. The van der Waals surface area contributed by atoms with E-state index < -0.39 is 0 Å². The van der Waals surface area contributed by atoms with Crippen molar-refractivity contribution < 1.29 is 5.11 Å². The van der Waals surface area contributed by atoms with Crippen molar-refractivity contribution >= 4 is 5.57 Å². The van der Waals surface area contributed by atoms with Crippen molar-refractivity contribution in [3.05, 3.63) is 60.2 Å². The highest BCUT2D eigenvalue weighted by Gasteiger charge is 2.03. The number of aromatic hydroxyl groups is 1. The first kappa shape index (κ1) is 12.8. The Hall–Kier alpha value is -2.27. The van der Waals surface area contributed by atoms with Crippen LogP contribution in [0.1, 0.15) is 18.1 Å². The number of nitrogens with zero attached hydrogens (tertiary/aromatic N) is 1. The van der Waals surface area contributed by atoms with Gasteiger partial charge in [-0.05, 0) is 41.3 Å². The molecule has 0 aliphatic carbocycles. The molecule has 0 bridgehead atoms. The quantitative estimate of drug-likeness (QED) is 0.628. The molecule has 1 N–H and O–H groups in total. The predicted molar refractivity (Wildman–Crippen MR) is 70.4 cm³/mol. The fourth-order valence-electron chi connectivity index (χ4n) is 1.51. The summed E-state index contributed by atoms with van der Waals surface area (Å²) in [6.45, 7) is 9.53. The molecule has 0 amide bonds. The van der Waals surface area contributed by atoms with Gasteiger partial charge in [-0.1, -0.05) is 32.2 Å². The van der Waals surface area contributed by atoms with Crippen molar-refractivity contribution in [1.29, 1.82) is 5.26 Å². The average Bonchev–Trinajstić information content (AvgIpc) is 2.35. The van der Waals surface area contributed by atoms with Gasteiger partial charge in [0.1, 0.15) is 5.75 Å². The predicted octanol–water partition coefficient (Wildman–Crippen LogP) is 3.60. The first-order valence-electron chi connectivity index (χ1n) is 5.36. The third-order valence-electron chi connectivity index (χ3n) is 2.44. The number of aryl methyl sites for hydroxylation is 1. The van der Waals surface area contributed by atoms with Crippen molar-refractivity contribution in [2.45, 2.75) is 13.3 Å². The third-order valence-corrected chi connectivity index (χ3v) is 2.44. The van der Waals surface area contributed by atoms with Gasteiger partial charge in [0, 0.05) is 5.57 Å². The molecule has 0 heterocycles. The zero-order chi connectivity index (χ0) is 12.8. The van der Waals surface area contributed by atoms with Crippen LogP contribution in [0.25, 0.3) is 5.57 Å². The molecule has 1 aromatic rings. The molecular weight excluding hydrogens is 210 g/mol. The Morgan fingerprint density at radius 3 is 2.71 bits per heavy atom. The maximum Gasteiger partial charge on any atom is 0.115 e. The van der Waals surface area contributed by atoms with E-state index in [2.05, 4.69) is 13.2 Å². The lowest BCUT2D eigenvalue weighted by Gasteiger charge is -2.08. The van der Waals surface area contributed by atoms with Crippen LogP contribution in [0.2, 0.25) is 0 Å². The van der Waals surface area contributed by atoms with Crippen LogP contribution in [0.15, 0.2) is 49.1 Å². The molecule has 0 unspecified atom stereocenters. The van der Waals surface area contributed by atoms with Crippen molar-refractivity contribution in [1.82, 2.24) is 0 Å². The summed E-state index contributed by atoms with van der Waals surface area (Å²) in [6, 6.07) is 7.14. The van der Waals surface area contributed by atoms with E-state index >= 15 is 0 Å². The molecule has 86 valence electrons. The van der Waals surface area contributed by atoms with Crippen LogP contribution in [0, 0.1) is 11.3 Å². The molecular formula is C15H15NO. The highest BCUT2D eigenvalue weighted by Crippen LogP contribution is 2.24. The Balaban J connectivity index is 3.01. The van der Waals surface area contributed by atoms with E-state index in [-0.39, 0.29) is 5.75 Å². The van der Waals surface area contributed by atoms with Crippen molar-refractivity contribution in [3.63, 3.8) is 0 Å². The van der Waals surface area contributed by atoms with E-state index in [1.165, 1.54) is 0 Å². The Morgan fingerprint density at radius 2 is 2.12 bits per heavy atom. The van der Waals surface area contributed by atoms with Gasteiger partial charge in [-0.15, -0.1) is 0 Å². The van der Waals surface area contributed by atoms with Gasteiger partial charge < -0.3 is 5.11 Å². The maximum absolute atomic E-state index is 9.40. The first-order valence-corrected chi connectivity index (χ1v) is 5.36. The van der Waals surface area contributed by atoms with Crippen molar-refractivity contribution in [2.75, 3.05) is 0 Å². The molecule has 0 spiro atoms. The molecule has 0 aliphatic heterocycles. The van der Waals surface area contributed by atoms with Gasteiger partial charge in [-0.3, -0.25) is 0 Å². The van der Waals surface area contributed by atoms with Crippen molar-refractivity contribution in [2.24, 2.45) is 0 Å². The van der Waals surface area contributed by atoms with Gasteiger partial charge in [-0.25, -0.2) is 0 Å². The molecule has 0 aliphatic rings. The largest absolute Gasteiger partial charge is 0.508 e. The van der Waals surface area contributed by atoms with Crippen LogP contribution in [-0.4, -0.2) is 5.11 Å². The molecule has 2 nitrogen and oxygen atoms in total. The number of hydrogen-bond donors (Lipinski definition) is 1. The zero-order valence-corrected chi connectivity index (χ0v) is 9.90. The number of phenolic OH excluding ortho intramolecular Hbond substituents is 1. The zero-order valence-electron chi connectivity index (χ0n) is 9.90.